The molecule has 1 aromatic rings. The van der Waals surface area contributed by atoms with Gasteiger partial charge in [-0.3, -0.25) is 4.79 Å². The fraction of sp³-hybridized carbons (Fsp3) is 0.500. The summed E-state index contributed by atoms with van der Waals surface area (Å²) in [6, 6.07) is 0.390. The van der Waals surface area contributed by atoms with Crippen molar-refractivity contribution in [1.29, 1.82) is 0 Å². The number of halogens is 3. The van der Waals surface area contributed by atoms with E-state index in [0.717, 1.165) is 25.7 Å². The number of carbonyl (C=O) groups is 1. The minimum absolute atomic E-state index is 0.0873. The molecule has 1 aromatic carbocycles. The first-order valence-corrected chi connectivity index (χ1v) is 6.84. The van der Waals surface area contributed by atoms with Crippen LogP contribution in [0.25, 0.3) is 0 Å². The van der Waals surface area contributed by atoms with Crippen LogP contribution in [0.3, 0.4) is 0 Å². The molecule has 4 nitrogen and oxygen atoms in total. The topological polar surface area (TPSA) is 66.6 Å². The maximum absolute atomic E-state index is 13.8. The van der Waals surface area contributed by atoms with Crippen molar-refractivity contribution in [1.82, 2.24) is 4.90 Å². The van der Waals surface area contributed by atoms with E-state index in [-0.39, 0.29) is 19.1 Å². The van der Waals surface area contributed by atoms with Gasteiger partial charge in [0.1, 0.15) is 0 Å². The number of hydrogen-bond donors (Lipinski definition) is 2. The van der Waals surface area contributed by atoms with Crippen molar-refractivity contribution in [2.24, 2.45) is 5.73 Å². The molecule has 116 valence electrons. The Morgan fingerprint density at radius 2 is 1.90 bits per heavy atom. The van der Waals surface area contributed by atoms with E-state index in [2.05, 4.69) is 0 Å². The molecule has 0 radical (unpaired) electrons. The standard InChI is InChI=1S/C14H17F3N2O2/c15-10-7-9(11(16)13(20)12(10)17)14(21)19(6-5-18)8-3-1-2-4-8/h7-8,20H,1-6,18H2. The Labute approximate surface area is 120 Å². The second kappa shape index (κ2) is 6.34. The molecule has 0 unspecified atom stereocenters. The fourth-order valence-electron chi connectivity index (χ4n) is 2.71. The molecule has 0 bridgehead atoms. The molecule has 1 fully saturated rings. The summed E-state index contributed by atoms with van der Waals surface area (Å²) in [5.41, 5.74) is 4.79. The molecule has 1 saturated carbocycles. The van der Waals surface area contributed by atoms with E-state index in [4.69, 9.17) is 5.73 Å². The normalized spacial score (nSPS) is 15.4. The van der Waals surface area contributed by atoms with Crippen molar-refractivity contribution in [2.45, 2.75) is 31.7 Å². The Bertz CT molecular complexity index is 546. The van der Waals surface area contributed by atoms with Crippen molar-refractivity contribution in [3.8, 4) is 5.75 Å². The lowest BCUT2D eigenvalue weighted by molar-refractivity contribution is 0.0681. The monoisotopic (exact) mass is 302 g/mol. The van der Waals surface area contributed by atoms with Crippen LogP contribution in [0.2, 0.25) is 0 Å². The number of hydrogen-bond acceptors (Lipinski definition) is 3. The summed E-state index contributed by atoms with van der Waals surface area (Å²) in [5.74, 6) is -6.86. The van der Waals surface area contributed by atoms with E-state index in [1.807, 2.05) is 0 Å². The first kappa shape index (κ1) is 15.6. The molecule has 21 heavy (non-hydrogen) atoms. The molecule has 0 saturated heterocycles. The summed E-state index contributed by atoms with van der Waals surface area (Å²) < 4.78 is 40.2. The third-order valence-corrected chi connectivity index (χ3v) is 3.76. The van der Waals surface area contributed by atoms with E-state index < -0.39 is 34.7 Å². The highest BCUT2D eigenvalue weighted by molar-refractivity contribution is 5.95. The van der Waals surface area contributed by atoms with Gasteiger partial charge in [0, 0.05) is 19.1 Å². The molecule has 7 heteroatoms. The van der Waals surface area contributed by atoms with Crippen LogP contribution in [0, 0.1) is 17.5 Å². The summed E-state index contributed by atoms with van der Waals surface area (Å²) in [4.78, 5) is 13.8. The minimum atomic E-state index is -1.70. The zero-order chi connectivity index (χ0) is 15.6. The fourth-order valence-corrected chi connectivity index (χ4v) is 2.71. The molecule has 0 aliphatic heterocycles. The SMILES string of the molecule is NCCN(C(=O)c1cc(F)c(F)c(O)c1F)C1CCCC1. The molecule has 1 aliphatic rings. The predicted octanol–water partition coefficient (Wildman–Crippen LogP) is 2.15. The highest BCUT2D eigenvalue weighted by Crippen LogP contribution is 2.29. The number of phenols is 1. The van der Waals surface area contributed by atoms with Gasteiger partial charge in [0.15, 0.2) is 17.4 Å². The van der Waals surface area contributed by atoms with Crippen molar-refractivity contribution >= 4 is 5.91 Å². The Morgan fingerprint density at radius 3 is 2.48 bits per heavy atom. The Hall–Kier alpha value is -1.76. The third-order valence-electron chi connectivity index (χ3n) is 3.76. The largest absolute Gasteiger partial charge is 0.503 e. The van der Waals surface area contributed by atoms with Crippen molar-refractivity contribution in [2.75, 3.05) is 13.1 Å². The lowest BCUT2D eigenvalue weighted by Crippen LogP contribution is -2.42. The van der Waals surface area contributed by atoms with Gasteiger partial charge in [-0.25, -0.2) is 8.78 Å². The van der Waals surface area contributed by atoms with Gasteiger partial charge in [-0.05, 0) is 18.9 Å². The van der Waals surface area contributed by atoms with E-state index >= 15 is 0 Å². The molecule has 0 aromatic heterocycles. The zero-order valence-corrected chi connectivity index (χ0v) is 11.4. The zero-order valence-electron chi connectivity index (χ0n) is 11.4. The van der Waals surface area contributed by atoms with E-state index in [1.54, 1.807) is 0 Å². The van der Waals surface area contributed by atoms with Gasteiger partial charge in [0.05, 0.1) is 5.56 Å². The maximum Gasteiger partial charge on any atom is 0.257 e. The summed E-state index contributed by atoms with van der Waals surface area (Å²) >= 11 is 0. The molecule has 0 atom stereocenters. The van der Waals surface area contributed by atoms with Crippen LogP contribution in [0.1, 0.15) is 36.0 Å². The summed E-state index contributed by atoms with van der Waals surface area (Å²) in [7, 11) is 0. The van der Waals surface area contributed by atoms with Crippen LogP contribution in [-0.4, -0.2) is 35.0 Å². The number of benzene rings is 1. The minimum Gasteiger partial charge on any atom is -0.503 e. The Balaban J connectivity index is 2.36. The van der Waals surface area contributed by atoms with E-state index in [9.17, 15) is 23.1 Å². The molecular weight excluding hydrogens is 285 g/mol. The number of carbonyl (C=O) groups excluding carboxylic acids is 1. The van der Waals surface area contributed by atoms with Crippen LogP contribution in [0.5, 0.6) is 5.75 Å². The van der Waals surface area contributed by atoms with Crippen LogP contribution < -0.4 is 5.73 Å². The average molecular weight is 302 g/mol. The van der Waals surface area contributed by atoms with Gasteiger partial charge < -0.3 is 15.7 Å². The van der Waals surface area contributed by atoms with Crippen LogP contribution >= 0.6 is 0 Å². The van der Waals surface area contributed by atoms with Crippen LogP contribution in [-0.2, 0) is 0 Å². The number of rotatable bonds is 4. The average Bonchev–Trinajstić information content (AvgIpc) is 2.99. The number of aromatic hydroxyl groups is 1. The first-order valence-electron chi connectivity index (χ1n) is 6.84. The molecule has 3 N–H and O–H groups in total. The van der Waals surface area contributed by atoms with Gasteiger partial charge in [-0.2, -0.15) is 4.39 Å². The highest BCUT2D eigenvalue weighted by atomic mass is 19.2. The lowest BCUT2D eigenvalue weighted by atomic mass is 10.1. The van der Waals surface area contributed by atoms with Gasteiger partial charge >= 0.3 is 0 Å². The van der Waals surface area contributed by atoms with Gasteiger partial charge in [-0.15, -0.1) is 0 Å². The predicted molar refractivity (Wildman–Crippen MR) is 70.3 cm³/mol. The van der Waals surface area contributed by atoms with Crippen molar-refractivity contribution < 1.29 is 23.1 Å². The van der Waals surface area contributed by atoms with E-state index in [0.29, 0.717) is 6.07 Å². The number of nitrogens with two attached hydrogens (primary N) is 1. The highest BCUT2D eigenvalue weighted by Gasteiger charge is 2.30. The Morgan fingerprint density at radius 1 is 1.29 bits per heavy atom. The van der Waals surface area contributed by atoms with Gasteiger partial charge in [-0.1, -0.05) is 12.8 Å². The first-order chi connectivity index (χ1) is 9.97. The number of nitrogens with zero attached hydrogens (tertiary/aromatic N) is 1. The molecule has 0 heterocycles. The molecule has 1 aliphatic carbocycles. The molecule has 2 rings (SSSR count). The number of amides is 1. The summed E-state index contributed by atoms with van der Waals surface area (Å²) in [5, 5.41) is 9.21. The van der Waals surface area contributed by atoms with Crippen LogP contribution in [0.15, 0.2) is 6.07 Å². The Kier molecular flexibility index (Phi) is 4.72. The lowest BCUT2D eigenvalue weighted by Gasteiger charge is -2.29. The second-order valence-electron chi connectivity index (χ2n) is 5.11. The maximum atomic E-state index is 13.8. The summed E-state index contributed by atoms with van der Waals surface area (Å²) in [6.07, 6.45) is 3.43. The van der Waals surface area contributed by atoms with Gasteiger partial charge in [0.2, 0.25) is 5.82 Å². The molecular formula is C14H17F3N2O2. The molecule has 0 spiro atoms. The smallest absolute Gasteiger partial charge is 0.257 e. The second-order valence-corrected chi connectivity index (χ2v) is 5.11. The van der Waals surface area contributed by atoms with E-state index in [1.165, 1.54) is 4.90 Å². The molecule has 1 amide bonds. The summed E-state index contributed by atoms with van der Waals surface area (Å²) in [6.45, 7) is 0.377. The third kappa shape index (κ3) is 2.97. The van der Waals surface area contributed by atoms with Crippen molar-refractivity contribution in [3.63, 3.8) is 0 Å². The number of phenolic OH excluding ortho intramolecular Hbond substituents is 1. The van der Waals surface area contributed by atoms with Crippen molar-refractivity contribution in [3.05, 3.63) is 29.1 Å². The van der Waals surface area contributed by atoms with Gasteiger partial charge in [0.25, 0.3) is 5.91 Å². The van der Waals surface area contributed by atoms with Crippen LogP contribution in [0.4, 0.5) is 13.2 Å². The quantitative estimate of drug-likeness (QED) is 0.838.